The molecule has 0 saturated carbocycles. The van der Waals surface area contributed by atoms with Crippen molar-refractivity contribution in [2.45, 2.75) is 12.5 Å². The van der Waals surface area contributed by atoms with Gasteiger partial charge >= 0.3 is 5.97 Å². The molecule has 9 heteroatoms. The summed E-state index contributed by atoms with van der Waals surface area (Å²) < 4.78 is 5.68. The van der Waals surface area contributed by atoms with E-state index < -0.39 is 23.3 Å². The van der Waals surface area contributed by atoms with Crippen molar-refractivity contribution in [3.8, 4) is 0 Å². The molecule has 25 heavy (non-hydrogen) atoms. The number of halogens is 1. The summed E-state index contributed by atoms with van der Waals surface area (Å²) >= 11 is 7.43. The number of carboxylic acid groups (broad SMARTS) is 1. The first-order valence-electron chi connectivity index (χ1n) is 7.27. The van der Waals surface area contributed by atoms with Gasteiger partial charge in [-0.3, -0.25) is 9.59 Å². The SMILES string of the molecule is COCC(C)(NC(=O)CNC(=O)c1sc2ccccc2c1Cl)C(=O)O. The number of carboxylic acids is 1. The van der Waals surface area contributed by atoms with Crippen LogP contribution in [0.2, 0.25) is 5.02 Å². The van der Waals surface area contributed by atoms with Crippen LogP contribution < -0.4 is 10.6 Å². The number of ether oxygens (including phenoxy) is 1. The molecule has 0 aliphatic heterocycles. The van der Waals surface area contributed by atoms with Crippen LogP contribution in [0.5, 0.6) is 0 Å². The Hall–Kier alpha value is -2.16. The summed E-state index contributed by atoms with van der Waals surface area (Å²) in [5.41, 5.74) is -1.58. The Balaban J connectivity index is 2.02. The largest absolute Gasteiger partial charge is 0.479 e. The highest BCUT2D eigenvalue weighted by Gasteiger charge is 2.35. The fourth-order valence-corrected chi connectivity index (χ4v) is 3.63. The zero-order valence-electron chi connectivity index (χ0n) is 13.6. The van der Waals surface area contributed by atoms with Gasteiger partial charge in [0.2, 0.25) is 5.91 Å². The maximum Gasteiger partial charge on any atom is 0.331 e. The zero-order valence-corrected chi connectivity index (χ0v) is 15.2. The van der Waals surface area contributed by atoms with Gasteiger partial charge in [0.05, 0.1) is 18.2 Å². The van der Waals surface area contributed by atoms with E-state index in [9.17, 15) is 19.5 Å². The lowest BCUT2D eigenvalue weighted by molar-refractivity contribution is -0.149. The standard InChI is InChI=1S/C16H17ClN2O5S/c1-16(8-24-2,15(22)23)19-11(20)7-18-14(21)13-12(17)9-5-3-4-6-10(9)25-13/h3-6H,7-8H2,1-2H3,(H,18,21)(H,19,20)(H,22,23). The third kappa shape index (κ3) is 4.28. The third-order valence-electron chi connectivity index (χ3n) is 3.47. The van der Waals surface area contributed by atoms with Gasteiger partial charge in [-0.1, -0.05) is 29.8 Å². The lowest BCUT2D eigenvalue weighted by Gasteiger charge is -2.25. The molecule has 0 saturated heterocycles. The minimum atomic E-state index is -1.58. The molecule has 3 N–H and O–H groups in total. The average molecular weight is 385 g/mol. The molecule has 7 nitrogen and oxygen atoms in total. The van der Waals surface area contributed by atoms with Gasteiger partial charge < -0.3 is 20.5 Å². The van der Waals surface area contributed by atoms with Gasteiger partial charge in [-0.2, -0.15) is 0 Å². The Morgan fingerprint density at radius 1 is 1.32 bits per heavy atom. The maximum atomic E-state index is 12.3. The molecule has 0 aliphatic carbocycles. The number of fused-ring (bicyclic) bond motifs is 1. The van der Waals surface area contributed by atoms with E-state index in [0.29, 0.717) is 9.90 Å². The van der Waals surface area contributed by atoms with Crippen molar-refractivity contribution in [3.63, 3.8) is 0 Å². The van der Waals surface area contributed by atoms with Crippen molar-refractivity contribution in [2.24, 2.45) is 0 Å². The van der Waals surface area contributed by atoms with Gasteiger partial charge in [-0.25, -0.2) is 4.79 Å². The predicted molar refractivity (Wildman–Crippen MR) is 95.2 cm³/mol. The predicted octanol–water partition coefficient (Wildman–Crippen LogP) is 1.89. The van der Waals surface area contributed by atoms with E-state index in [4.69, 9.17) is 16.3 Å². The Bertz CT molecular complexity index is 822. The van der Waals surface area contributed by atoms with Crippen LogP contribution in [0.4, 0.5) is 0 Å². The first kappa shape index (κ1) is 19.2. The summed E-state index contributed by atoms with van der Waals surface area (Å²) in [6, 6.07) is 7.31. The highest BCUT2D eigenvalue weighted by atomic mass is 35.5. The number of nitrogens with one attached hydrogen (secondary N) is 2. The second-order valence-corrected chi connectivity index (χ2v) is 6.97. The summed E-state index contributed by atoms with van der Waals surface area (Å²) in [6.45, 7) is 0.738. The smallest absolute Gasteiger partial charge is 0.331 e. The molecule has 1 unspecified atom stereocenters. The highest BCUT2D eigenvalue weighted by Crippen LogP contribution is 2.34. The number of methoxy groups -OCH3 is 1. The van der Waals surface area contributed by atoms with Crippen LogP contribution in [0.25, 0.3) is 10.1 Å². The van der Waals surface area contributed by atoms with Gasteiger partial charge in [-0.15, -0.1) is 11.3 Å². The number of aliphatic carboxylic acids is 1. The van der Waals surface area contributed by atoms with Gasteiger partial charge in [0.15, 0.2) is 5.54 Å². The Kier molecular flexibility index (Phi) is 5.99. The van der Waals surface area contributed by atoms with Crippen molar-refractivity contribution >= 4 is 50.8 Å². The average Bonchev–Trinajstić information content (AvgIpc) is 2.90. The summed E-state index contributed by atoms with van der Waals surface area (Å²) in [4.78, 5) is 35.8. The van der Waals surface area contributed by atoms with E-state index in [-0.39, 0.29) is 13.2 Å². The second kappa shape index (κ2) is 7.81. The van der Waals surface area contributed by atoms with Crippen molar-refractivity contribution < 1.29 is 24.2 Å². The van der Waals surface area contributed by atoms with Crippen LogP contribution in [0.15, 0.2) is 24.3 Å². The number of thiophene rings is 1. The molecule has 2 aromatic rings. The van der Waals surface area contributed by atoms with Crippen LogP contribution in [0.3, 0.4) is 0 Å². The van der Waals surface area contributed by atoms with Crippen molar-refractivity contribution in [2.75, 3.05) is 20.3 Å². The molecule has 2 amide bonds. The molecule has 1 aromatic heterocycles. The normalized spacial score (nSPS) is 13.2. The molecule has 0 fully saturated rings. The molecule has 2 rings (SSSR count). The topological polar surface area (TPSA) is 105 Å². The van der Waals surface area contributed by atoms with Crippen LogP contribution in [-0.2, 0) is 14.3 Å². The minimum Gasteiger partial charge on any atom is -0.479 e. The summed E-state index contributed by atoms with van der Waals surface area (Å²) in [5.74, 6) is -2.38. The lowest BCUT2D eigenvalue weighted by Crippen LogP contribution is -2.57. The van der Waals surface area contributed by atoms with Gasteiger partial charge in [0.25, 0.3) is 5.91 Å². The maximum absolute atomic E-state index is 12.3. The van der Waals surface area contributed by atoms with E-state index >= 15 is 0 Å². The highest BCUT2D eigenvalue weighted by molar-refractivity contribution is 7.21. The van der Waals surface area contributed by atoms with E-state index in [1.807, 2.05) is 18.2 Å². The zero-order chi connectivity index (χ0) is 18.6. The number of carbonyl (C=O) groups is 3. The fourth-order valence-electron chi connectivity index (χ4n) is 2.19. The minimum absolute atomic E-state index is 0.204. The number of amides is 2. The third-order valence-corrected chi connectivity index (χ3v) is 5.15. The number of hydrogen-bond acceptors (Lipinski definition) is 5. The summed E-state index contributed by atoms with van der Waals surface area (Å²) in [6.07, 6.45) is 0. The van der Waals surface area contributed by atoms with E-state index in [2.05, 4.69) is 10.6 Å². The summed E-state index contributed by atoms with van der Waals surface area (Å²) in [5, 5.41) is 15.1. The van der Waals surface area contributed by atoms with Crippen molar-refractivity contribution in [3.05, 3.63) is 34.2 Å². The molecule has 0 aliphatic rings. The van der Waals surface area contributed by atoms with Crippen LogP contribution in [0, 0.1) is 0 Å². The number of rotatable bonds is 7. The molecule has 1 heterocycles. The van der Waals surface area contributed by atoms with Crippen molar-refractivity contribution in [1.82, 2.24) is 10.6 Å². The van der Waals surface area contributed by atoms with Gasteiger partial charge in [-0.05, 0) is 13.0 Å². The molecule has 0 spiro atoms. The van der Waals surface area contributed by atoms with E-state index in [1.54, 1.807) is 6.07 Å². The second-order valence-electron chi connectivity index (χ2n) is 5.54. The number of benzene rings is 1. The molecule has 134 valence electrons. The van der Waals surface area contributed by atoms with Crippen LogP contribution in [0.1, 0.15) is 16.6 Å². The first-order chi connectivity index (χ1) is 11.8. The fraction of sp³-hybridized carbons (Fsp3) is 0.312. The van der Waals surface area contributed by atoms with Gasteiger partial charge in [0.1, 0.15) is 4.88 Å². The molecule has 1 atom stereocenters. The quantitative estimate of drug-likeness (QED) is 0.676. The lowest BCUT2D eigenvalue weighted by atomic mass is 10.0. The molecular weight excluding hydrogens is 368 g/mol. The first-order valence-corrected chi connectivity index (χ1v) is 8.46. The Morgan fingerprint density at radius 2 is 2.00 bits per heavy atom. The Morgan fingerprint density at radius 3 is 2.60 bits per heavy atom. The Labute approximate surface area is 152 Å². The van der Waals surface area contributed by atoms with E-state index in [0.717, 1.165) is 10.1 Å². The van der Waals surface area contributed by atoms with Crippen LogP contribution >= 0.6 is 22.9 Å². The molecule has 0 bridgehead atoms. The number of carbonyl (C=O) groups excluding carboxylic acids is 2. The van der Waals surface area contributed by atoms with Crippen LogP contribution in [-0.4, -0.2) is 48.7 Å². The monoisotopic (exact) mass is 384 g/mol. The molecular formula is C16H17ClN2O5S. The molecule has 1 aromatic carbocycles. The van der Waals surface area contributed by atoms with E-state index in [1.165, 1.54) is 25.4 Å². The van der Waals surface area contributed by atoms with Gasteiger partial charge in [0, 0.05) is 17.2 Å². The number of hydrogen-bond donors (Lipinski definition) is 3. The van der Waals surface area contributed by atoms with Crippen molar-refractivity contribution in [1.29, 1.82) is 0 Å². The summed E-state index contributed by atoms with van der Waals surface area (Å²) in [7, 11) is 1.33. The molecule has 0 radical (unpaired) electrons.